The molecule has 186 valence electrons. The highest BCUT2D eigenvalue weighted by molar-refractivity contribution is 5.89. The summed E-state index contributed by atoms with van der Waals surface area (Å²) in [6, 6.07) is 23.0. The van der Waals surface area contributed by atoms with Crippen molar-refractivity contribution in [2.24, 2.45) is 0 Å². The highest BCUT2D eigenvalue weighted by Gasteiger charge is 2.07. The molecule has 0 aromatic heterocycles. The molecule has 0 spiro atoms. The molecule has 0 N–H and O–H groups in total. The van der Waals surface area contributed by atoms with Crippen LogP contribution in [-0.2, 0) is 0 Å². The molecule has 0 radical (unpaired) electrons. The van der Waals surface area contributed by atoms with Gasteiger partial charge in [0.1, 0.15) is 30.5 Å². The van der Waals surface area contributed by atoms with Crippen LogP contribution in [0.5, 0.6) is 17.2 Å². The molecule has 0 unspecified atom stereocenters. The first-order valence-electron chi connectivity index (χ1n) is 12.0. The van der Waals surface area contributed by atoms with Crippen LogP contribution in [0.25, 0.3) is 11.6 Å². The van der Waals surface area contributed by atoms with Crippen LogP contribution in [0.2, 0.25) is 0 Å². The molecule has 0 amide bonds. The summed E-state index contributed by atoms with van der Waals surface area (Å²) in [6.07, 6.45) is 6.45. The number of unbranched alkanes of at least 4 members (excludes halogenated alkanes) is 3. The number of benzene rings is 3. The number of rotatable bonds is 14. The van der Waals surface area contributed by atoms with Gasteiger partial charge in [-0.3, -0.25) is 10.1 Å². The van der Waals surface area contributed by atoms with E-state index in [1.54, 1.807) is 18.2 Å². The van der Waals surface area contributed by atoms with Crippen molar-refractivity contribution in [1.29, 1.82) is 5.26 Å². The summed E-state index contributed by atoms with van der Waals surface area (Å²) in [4.78, 5) is 10.3. The molecule has 7 heteroatoms. The zero-order chi connectivity index (χ0) is 25.6. The molecule has 3 aromatic carbocycles. The number of nitrogens with zero attached hydrogens (tertiary/aromatic N) is 2. The molecule has 3 rings (SSSR count). The number of ether oxygens (including phenoxy) is 3. The van der Waals surface area contributed by atoms with Crippen molar-refractivity contribution in [2.45, 2.75) is 32.6 Å². The number of hydrogen-bond donors (Lipinski definition) is 0. The number of nitriles is 1. The minimum absolute atomic E-state index is 0.0132. The Hall–Kier alpha value is -4.31. The largest absolute Gasteiger partial charge is 0.494 e. The van der Waals surface area contributed by atoms with E-state index < -0.39 is 4.92 Å². The van der Waals surface area contributed by atoms with Crippen LogP contribution in [0, 0.1) is 21.4 Å². The normalized spacial score (nSPS) is 10.9. The Balaban J connectivity index is 1.43. The lowest BCUT2D eigenvalue weighted by molar-refractivity contribution is -0.384. The van der Waals surface area contributed by atoms with E-state index in [-0.39, 0.29) is 5.69 Å². The summed E-state index contributed by atoms with van der Waals surface area (Å²) in [5.41, 5.74) is 1.84. The fourth-order valence-corrected chi connectivity index (χ4v) is 3.44. The first kappa shape index (κ1) is 26.3. The predicted molar refractivity (Wildman–Crippen MR) is 140 cm³/mol. The molecule has 0 saturated carbocycles. The quantitative estimate of drug-likeness (QED) is 0.0795. The van der Waals surface area contributed by atoms with Crippen LogP contribution < -0.4 is 14.2 Å². The molecule has 7 nitrogen and oxygen atoms in total. The molecule has 36 heavy (non-hydrogen) atoms. The molecule has 3 aromatic rings. The molecular formula is C29H30N2O5. The lowest BCUT2D eigenvalue weighted by atomic mass is 10.0. The van der Waals surface area contributed by atoms with Gasteiger partial charge < -0.3 is 14.2 Å². The van der Waals surface area contributed by atoms with E-state index in [4.69, 9.17) is 14.2 Å². The SMILES string of the molecule is CCCCCCOc1ccc(OCCOc2ccc(/C=C(\C#N)c3ccc([N+](=O)[O-])cc3)cc2)cc1. The van der Waals surface area contributed by atoms with Crippen molar-refractivity contribution >= 4 is 17.3 Å². The Bertz CT molecular complexity index is 1160. The van der Waals surface area contributed by atoms with Crippen LogP contribution in [0.1, 0.15) is 43.7 Å². The fourth-order valence-electron chi connectivity index (χ4n) is 3.44. The number of allylic oxidation sites excluding steroid dienone is 1. The minimum atomic E-state index is -0.467. The van der Waals surface area contributed by atoms with Gasteiger partial charge in [0, 0.05) is 12.1 Å². The summed E-state index contributed by atoms with van der Waals surface area (Å²) in [7, 11) is 0. The zero-order valence-corrected chi connectivity index (χ0v) is 20.4. The van der Waals surface area contributed by atoms with E-state index >= 15 is 0 Å². The van der Waals surface area contributed by atoms with Crippen LogP contribution in [0.3, 0.4) is 0 Å². The summed E-state index contributed by atoms with van der Waals surface area (Å²) < 4.78 is 17.2. The van der Waals surface area contributed by atoms with E-state index in [2.05, 4.69) is 13.0 Å². The van der Waals surface area contributed by atoms with E-state index in [1.807, 2.05) is 48.5 Å². The maximum absolute atomic E-state index is 10.8. The van der Waals surface area contributed by atoms with Gasteiger partial charge in [-0.15, -0.1) is 0 Å². The van der Waals surface area contributed by atoms with Crippen molar-refractivity contribution in [3.63, 3.8) is 0 Å². The fraction of sp³-hybridized carbons (Fsp3) is 0.276. The van der Waals surface area contributed by atoms with Gasteiger partial charge in [-0.1, -0.05) is 38.3 Å². The van der Waals surface area contributed by atoms with Gasteiger partial charge in [-0.05, 0) is 72.2 Å². The molecule has 0 aliphatic rings. The van der Waals surface area contributed by atoms with Crippen LogP contribution in [0.15, 0.2) is 72.8 Å². The average Bonchev–Trinajstić information content (AvgIpc) is 2.91. The number of nitro groups is 1. The van der Waals surface area contributed by atoms with Crippen molar-refractivity contribution in [2.75, 3.05) is 19.8 Å². The third-order valence-corrected chi connectivity index (χ3v) is 5.41. The van der Waals surface area contributed by atoms with Gasteiger partial charge in [-0.25, -0.2) is 0 Å². The third kappa shape index (κ3) is 8.48. The first-order valence-corrected chi connectivity index (χ1v) is 12.0. The maximum Gasteiger partial charge on any atom is 0.269 e. The molecule has 0 bridgehead atoms. The average molecular weight is 487 g/mol. The summed E-state index contributed by atoms with van der Waals surface area (Å²) >= 11 is 0. The minimum Gasteiger partial charge on any atom is -0.494 e. The standard InChI is InChI=1S/C29H30N2O5/c1-2-3-4-5-18-34-28-14-16-29(17-15-28)36-20-19-35-27-12-6-23(7-13-27)21-25(22-30)24-8-10-26(11-9-24)31(32)33/h6-17,21H,2-5,18-20H2,1H3/b25-21+. The Morgan fingerprint density at radius 1 is 0.806 bits per heavy atom. The second-order valence-corrected chi connectivity index (χ2v) is 8.12. The summed E-state index contributed by atoms with van der Waals surface area (Å²) in [6.45, 7) is 3.71. The Labute approximate surface area is 211 Å². The van der Waals surface area contributed by atoms with E-state index in [0.29, 0.717) is 30.1 Å². The Morgan fingerprint density at radius 3 is 1.83 bits per heavy atom. The number of non-ortho nitro benzene ring substituents is 1. The molecule has 0 aliphatic heterocycles. The van der Waals surface area contributed by atoms with Gasteiger partial charge >= 0.3 is 0 Å². The van der Waals surface area contributed by atoms with E-state index in [0.717, 1.165) is 30.1 Å². The molecular weight excluding hydrogens is 456 g/mol. The topological polar surface area (TPSA) is 94.6 Å². The van der Waals surface area contributed by atoms with E-state index in [9.17, 15) is 15.4 Å². The van der Waals surface area contributed by atoms with Crippen LogP contribution in [-0.4, -0.2) is 24.7 Å². The van der Waals surface area contributed by atoms with Crippen molar-refractivity contribution < 1.29 is 19.1 Å². The monoisotopic (exact) mass is 486 g/mol. The Kier molecular flexibility index (Phi) is 10.4. The highest BCUT2D eigenvalue weighted by Crippen LogP contribution is 2.22. The summed E-state index contributed by atoms with van der Waals surface area (Å²) in [5.74, 6) is 2.29. The highest BCUT2D eigenvalue weighted by atomic mass is 16.6. The Morgan fingerprint density at radius 2 is 1.33 bits per heavy atom. The maximum atomic E-state index is 10.8. The van der Waals surface area contributed by atoms with Crippen molar-refractivity contribution in [3.05, 3.63) is 94.0 Å². The van der Waals surface area contributed by atoms with Gasteiger partial charge in [0.05, 0.1) is 23.2 Å². The van der Waals surface area contributed by atoms with Gasteiger partial charge in [-0.2, -0.15) is 5.26 Å². The number of hydrogen-bond acceptors (Lipinski definition) is 6. The van der Waals surface area contributed by atoms with E-state index in [1.165, 1.54) is 31.4 Å². The summed E-state index contributed by atoms with van der Waals surface area (Å²) in [5, 5.41) is 20.3. The van der Waals surface area contributed by atoms with Crippen molar-refractivity contribution in [3.8, 4) is 23.3 Å². The smallest absolute Gasteiger partial charge is 0.269 e. The van der Waals surface area contributed by atoms with Gasteiger partial charge in [0.25, 0.3) is 5.69 Å². The lowest BCUT2D eigenvalue weighted by Gasteiger charge is -2.10. The van der Waals surface area contributed by atoms with Crippen molar-refractivity contribution in [1.82, 2.24) is 0 Å². The first-order chi connectivity index (χ1) is 17.6. The second-order valence-electron chi connectivity index (χ2n) is 8.12. The predicted octanol–water partition coefficient (Wildman–Crippen LogP) is 7.08. The molecule has 0 fully saturated rings. The van der Waals surface area contributed by atoms with Crippen LogP contribution >= 0.6 is 0 Å². The lowest BCUT2D eigenvalue weighted by Crippen LogP contribution is -2.08. The second kappa shape index (κ2) is 14.2. The van der Waals surface area contributed by atoms with Gasteiger partial charge in [0.2, 0.25) is 0 Å². The van der Waals surface area contributed by atoms with Crippen LogP contribution in [0.4, 0.5) is 5.69 Å². The molecule has 0 heterocycles. The molecule has 0 saturated heterocycles. The third-order valence-electron chi connectivity index (χ3n) is 5.41. The molecule has 0 aliphatic carbocycles. The van der Waals surface area contributed by atoms with Gasteiger partial charge in [0.15, 0.2) is 0 Å². The zero-order valence-electron chi connectivity index (χ0n) is 20.4. The molecule has 0 atom stereocenters. The number of nitro benzene ring substituents is 1.